The minimum atomic E-state index is 0.0114. The quantitative estimate of drug-likeness (QED) is 0.484. The van der Waals surface area contributed by atoms with Gasteiger partial charge in [0.25, 0.3) is 0 Å². The Kier molecular flexibility index (Phi) is 8.76. The van der Waals surface area contributed by atoms with Crippen LogP contribution in [0.4, 0.5) is 0 Å². The highest BCUT2D eigenvalue weighted by molar-refractivity contribution is 5.77. The Morgan fingerprint density at radius 1 is 1.00 bits per heavy atom. The van der Waals surface area contributed by atoms with Crippen molar-refractivity contribution in [1.82, 2.24) is 16.0 Å². The molecular weight excluding hydrogens is 194 g/mol. The Balaban J connectivity index is 3.11. The van der Waals surface area contributed by atoms with Crippen LogP contribution in [0.1, 0.15) is 26.2 Å². The summed E-state index contributed by atoms with van der Waals surface area (Å²) in [6, 6.07) is 0. The van der Waals surface area contributed by atoms with Gasteiger partial charge in [0.05, 0.1) is 6.54 Å². The number of carbonyl (C=O) groups is 2. The van der Waals surface area contributed by atoms with Crippen molar-refractivity contribution in [2.45, 2.75) is 26.2 Å². The third-order valence-corrected chi connectivity index (χ3v) is 1.89. The molecule has 88 valence electrons. The van der Waals surface area contributed by atoms with Gasteiger partial charge in [-0.2, -0.15) is 0 Å². The number of hydrogen-bond donors (Lipinski definition) is 3. The van der Waals surface area contributed by atoms with Gasteiger partial charge >= 0.3 is 0 Å². The number of carbonyl (C=O) groups excluding carboxylic acids is 2. The second-order valence-corrected chi connectivity index (χ2v) is 3.42. The molecule has 0 aromatic heterocycles. The summed E-state index contributed by atoms with van der Waals surface area (Å²) in [5, 5.41) is 8.31. The first-order valence-electron chi connectivity index (χ1n) is 5.32. The van der Waals surface area contributed by atoms with Crippen LogP contribution in [0, 0.1) is 0 Å². The Bertz CT molecular complexity index is 195. The maximum absolute atomic E-state index is 11.0. The number of rotatable bonds is 8. The zero-order valence-corrected chi connectivity index (χ0v) is 9.56. The second-order valence-electron chi connectivity index (χ2n) is 3.42. The minimum absolute atomic E-state index is 0.0114. The Hall–Kier alpha value is -1.10. The van der Waals surface area contributed by atoms with Gasteiger partial charge in [0.1, 0.15) is 0 Å². The van der Waals surface area contributed by atoms with Crippen LogP contribution in [0.15, 0.2) is 0 Å². The maximum atomic E-state index is 11.0. The monoisotopic (exact) mass is 215 g/mol. The molecule has 2 amide bonds. The maximum Gasteiger partial charge on any atom is 0.233 e. The zero-order chi connectivity index (χ0) is 11.5. The van der Waals surface area contributed by atoms with E-state index >= 15 is 0 Å². The smallest absolute Gasteiger partial charge is 0.233 e. The van der Waals surface area contributed by atoms with Gasteiger partial charge in [-0.3, -0.25) is 9.59 Å². The molecule has 0 fully saturated rings. The van der Waals surface area contributed by atoms with Crippen molar-refractivity contribution in [1.29, 1.82) is 0 Å². The molecule has 0 aliphatic heterocycles. The summed E-state index contributed by atoms with van der Waals surface area (Å²) in [4.78, 5) is 21.5. The van der Waals surface area contributed by atoms with Crippen LogP contribution in [-0.4, -0.2) is 38.5 Å². The molecule has 0 bridgehead atoms. The molecular formula is C10H21N3O2. The molecule has 0 rings (SSSR count). The Labute approximate surface area is 91.0 Å². The standard InChI is InChI=1S/C10H21N3O2/c1-9(14)12-6-4-3-5-7-13-10(15)8-11-2/h11H,3-8H2,1-2H3,(H,12,14)(H,13,15). The van der Waals surface area contributed by atoms with Gasteiger partial charge in [0.2, 0.25) is 11.8 Å². The summed E-state index contributed by atoms with van der Waals surface area (Å²) < 4.78 is 0. The number of amides is 2. The fourth-order valence-electron chi connectivity index (χ4n) is 1.14. The molecule has 0 aromatic carbocycles. The summed E-state index contributed by atoms with van der Waals surface area (Å²) >= 11 is 0. The van der Waals surface area contributed by atoms with Crippen LogP contribution in [0.5, 0.6) is 0 Å². The SMILES string of the molecule is CNCC(=O)NCCCCCNC(C)=O. The van der Waals surface area contributed by atoms with Gasteiger partial charge in [-0.15, -0.1) is 0 Å². The molecule has 0 radical (unpaired) electrons. The molecule has 0 saturated carbocycles. The van der Waals surface area contributed by atoms with Gasteiger partial charge in [-0.05, 0) is 26.3 Å². The average Bonchev–Trinajstić information content (AvgIpc) is 2.16. The van der Waals surface area contributed by atoms with Gasteiger partial charge in [-0.25, -0.2) is 0 Å². The lowest BCUT2D eigenvalue weighted by molar-refractivity contribution is -0.120. The molecule has 0 heterocycles. The van der Waals surface area contributed by atoms with E-state index in [1.54, 1.807) is 7.05 Å². The third-order valence-electron chi connectivity index (χ3n) is 1.89. The molecule has 0 aliphatic carbocycles. The molecule has 3 N–H and O–H groups in total. The Morgan fingerprint density at radius 2 is 1.60 bits per heavy atom. The molecule has 0 saturated heterocycles. The highest BCUT2D eigenvalue weighted by atomic mass is 16.2. The molecule has 0 unspecified atom stereocenters. The van der Waals surface area contributed by atoms with E-state index in [4.69, 9.17) is 0 Å². The van der Waals surface area contributed by atoms with Crippen molar-refractivity contribution in [3.8, 4) is 0 Å². The first-order valence-corrected chi connectivity index (χ1v) is 5.32. The fraction of sp³-hybridized carbons (Fsp3) is 0.800. The summed E-state index contributed by atoms with van der Waals surface area (Å²) in [6.45, 7) is 3.31. The first-order chi connectivity index (χ1) is 7.16. The van der Waals surface area contributed by atoms with Crippen LogP contribution in [0.2, 0.25) is 0 Å². The van der Waals surface area contributed by atoms with Crippen LogP contribution >= 0.6 is 0 Å². The van der Waals surface area contributed by atoms with Crippen molar-refractivity contribution in [2.75, 3.05) is 26.7 Å². The normalized spacial score (nSPS) is 9.73. The molecule has 0 spiro atoms. The molecule has 0 aromatic rings. The Morgan fingerprint density at radius 3 is 2.13 bits per heavy atom. The van der Waals surface area contributed by atoms with Crippen molar-refractivity contribution < 1.29 is 9.59 Å². The van der Waals surface area contributed by atoms with E-state index < -0.39 is 0 Å². The molecule has 5 nitrogen and oxygen atoms in total. The first kappa shape index (κ1) is 13.9. The largest absolute Gasteiger partial charge is 0.356 e. The van der Waals surface area contributed by atoms with E-state index in [2.05, 4.69) is 16.0 Å². The van der Waals surface area contributed by atoms with Crippen molar-refractivity contribution in [3.05, 3.63) is 0 Å². The van der Waals surface area contributed by atoms with Gasteiger partial charge in [-0.1, -0.05) is 0 Å². The van der Waals surface area contributed by atoms with E-state index in [1.807, 2.05) is 0 Å². The average molecular weight is 215 g/mol. The van der Waals surface area contributed by atoms with E-state index in [-0.39, 0.29) is 11.8 Å². The molecule has 15 heavy (non-hydrogen) atoms. The van der Waals surface area contributed by atoms with E-state index in [0.717, 1.165) is 25.8 Å². The zero-order valence-electron chi connectivity index (χ0n) is 9.56. The minimum Gasteiger partial charge on any atom is -0.356 e. The molecule has 0 aliphatic rings. The third kappa shape index (κ3) is 10.8. The fourth-order valence-corrected chi connectivity index (χ4v) is 1.14. The van der Waals surface area contributed by atoms with Crippen LogP contribution in [0.3, 0.4) is 0 Å². The number of nitrogens with one attached hydrogen (secondary N) is 3. The summed E-state index contributed by atoms with van der Waals surface area (Å²) in [6.07, 6.45) is 2.93. The van der Waals surface area contributed by atoms with E-state index in [1.165, 1.54) is 6.92 Å². The highest BCUT2D eigenvalue weighted by Gasteiger charge is 1.97. The second kappa shape index (κ2) is 9.45. The van der Waals surface area contributed by atoms with E-state index in [0.29, 0.717) is 13.1 Å². The predicted octanol–water partition coefficient (Wildman–Crippen LogP) is -0.372. The summed E-state index contributed by atoms with van der Waals surface area (Å²) in [5.41, 5.74) is 0. The van der Waals surface area contributed by atoms with E-state index in [9.17, 15) is 9.59 Å². The van der Waals surface area contributed by atoms with Gasteiger partial charge < -0.3 is 16.0 Å². The lowest BCUT2D eigenvalue weighted by Crippen LogP contribution is -2.32. The summed E-state index contributed by atoms with van der Waals surface area (Å²) in [5.74, 6) is 0.0386. The topological polar surface area (TPSA) is 70.2 Å². The van der Waals surface area contributed by atoms with Crippen molar-refractivity contribution in [2.24, 2.45) is 0 Å². The molecule has 0 atom stereocenters. The number of likely N-dealkylation sites (N-methyl/N-ethyl adjacent to an activating group) is 1. The lowest BCUT2D eigenvalue weighted by Gasteiger charge is -2.04. The molecule has 5 heteroatoms. The van der Waals surface area contributed by atoms with Gasteiger partial charge in [0, 0.05) is 20.0 Å². The predicted molar refractivity (Wildman–Crippen MR) is 59.5 cm³/mol. The lowest BCUT2D eigenvalue weighted by atomic mass is 10.2. The van der Waals surface area contributed by atoms with Crippen molar-refractivity contribution in [3.63, 3.8) is 0 Å². The van der Waals surface area contributed by atoms with Crippen LogP contribution in [-0.2, 0) is 9.59 Å². The number of hydrogen-bond acceptors (Lipinski definition) is 3. The highest BCUT2D eigenvalue weighted by Crippen LogP contribution is 1.91. The van der Waals surface area contributed by atoms with Gasteiger partial charge in [0.15, 0.2) is 0 Å². The van der Waals surface area contributed by atoms with Crippen molar-refractivity contribution >= 4 is 11.8 Å². The van der Waals surface area contributed by atoms with Crippen LogP contribution < -0.4 is 16.0 Å². The number of unbranched alkanes of at least 4 members (excludes halogenated alkanes) is 2. The van der Waals surface area contributed by atoms with Crippen LogP contribution in [0.25, 0.3) is 0 Å². The summed E-state index contributed by atoms with van der Waals surface area (Å²) in [7, 11) is 1.74.